The molecule has 1 aliphatic carbocycles. The summed E-state index contributed by atoms with van der Waals surface area (Å²) in [5.74, 6) is 0.798. The van der Waals surface area contributed by atoms with Gasteiger partial charge in [0.25, 0.3) is 5.91 Å². The van der Waals surface area contributed by atoms with Crippen molar-refractivity contribution in [2.45, 2.75) is 44.7 Å². The van der Waals surface area contributed by atoms with Gasteiger partial charge in [-0.3, -0.25) is 9.69 Å². The molecule has 6 nitrogen and oxygen atoms in total. The van der Waals surface area contributed by atoms with Crippen LogP contribution in [0.3, 0.4) is 0 Å². The number of ether oxygens (including phenoxy) is 1. The van der Waals surface area contributed by atoms with Crippen LogP contribution in [0.4, 0.5) is 4.79 Å². The maximum Gasteiger partial charge on any atom is 0.326 e. The van der Waals surface area contributed by atoms with Crippen molar-refractivity contribution in [1.82, 2.24) is 15.1 Å². The minimum absolute atomic E-state index is 0.0976. The number of amides is 3. The van der Waals surface area contributed by atoms with Gasteiger partial charge in [0.2, 0.25) is 0 Å². The lowest BCUT2D eigenvalue weighted by molar-refractivity contribution is -0.135. The van der Waals surface area contributed by atoms with Gasteiger partial charge in [-0.2, -0.15) is 0 Å². The van der Waals surface area contributed by atoms with Gasteiger partial charge in [0, 0.05) is 17.1 Å². The predicted molar refractivity (Wildman–Crippen MR) is 100 cm³/mol. The Hall–Kier alpha value is -1.79. The first-order valence-electron chi connectivity index (χ1n) is 9.02. The molecular weight excluding hydrogens is 354 g/mol. The quantitative estimate of drug-likeness (QED) is 0.798. The van der Waals surface area contributed by atoms with E-state index in [9.17, 15) is 9.59 Å². The second-order valence-electron chi connectivity index (χ2n) is 7.39. The zero-order chi connectivity index (χ0) is 18.9. The molecule has 0 bridgehead atoms. The Morgan fingerprint density at radius 3 is 2.85 bits per heavy atom. The summed E-state index contributed by atoms with van der Waals surface area (Å²) >= 11 is 6.08. The zero-order valence-electron chi connectivity index (χ0n) is 15.5. The van der Waals surface area contributed by atoms with Crippen LogP contribution in [-0.2, 0) is 11.3 Å². The van der Waals surface area contributed by atoms with E-state index in [1.54, 1.807) is 13.2 Å². The van der Waals surface area contributed by atoms with E-state index in [4.69, 9.17) is 16.3 Å². The molecule has 2 fully saturated rings. The predicted octanol–water partition coefficient (Wildman–Crippen LogP) is 3.24. The van der Waals surface area contributed by atoms with E-state index in [0.717, 1.165) is 37.0 Å². The molecule has 26 heavy (non-hydrogen) atoms. The van der Waals surface area contributed by atoms with Crippen LogP contribution in [0.5, 0.6) is 5.75 Å². The van der Waals surface area contributed by atoms with Crippen molar-refractivity contribution in [2.24, 2.45) is 5.92 Å². The fraction of sp³-hybridized carbons (Fsp3) is 0.579. The third-order valence-electron chi connectivity index (χ3n) is 5.57. The average Bonchev–Trinajstić information content (AvgIpc) is 2.83. The molecule has 7 heteroatoms. The van der Waals surface area contributed by atoms with Crippen molar-refractivity contribution >= 4 is 23.5 Å². The molecule has 1 aromatic carbocycles. The zero-order valence-corrected chi connectivity index (χ0v) is 16.3. The average molecular weight is 380 g/mol. The summed E-state index contributed by atoms with van der Waals surface area (Å²) in [6.45, 7) is 2.81. The number of hydrogen-bond acceptors (Lipinski definition) is 4. The molecule has 3 amide bonds. The minimum Gasteiger partial charge on any atom is -0.496 e. The Labute approximate surface area is 159 Å². The Morgan fingerprint density at radius 2 is 2.15 bits per heavy atom. The van der Waals surface area contributed by atoms with Gasteiger partial charge in [0.15, 0.2) is 0 Å². The van der Waals surface area contributed by atoms with Crippen molar-refractivity contribution in [3.63, 3.8) is 0 Å². The normalized spacial score (nSPS) is 25.9. The molecule has 0 aromatic heterocycles. The molecule has 3 rings (SSSR count). The summed E-state index contributed by atoms with van der Waals surface area (Å²) in [7, 11) is 3.48. The van der Waals surface area contributed by atoms with Crippen LogP contribution in [-0.4, -0.2) is 48.1 Å². The largest absolute Gasteiger partial charge is 0.496 e. The van der Waals surface area contributed by atoms with E-state index in [-0.39, 0.29) is 24.5 Å². The van der Waals surface area contributed by atoms with Crippen LogP contribution in [0.1, 0.15) is 38.2 Å². The molecule has 0 radical (unpaired) electrons. The van der Waals surface area contributed by atoms with Crippen molar-refractivity contribution in [1.29, 1.82) is 0 Å². The highest BCUT2D eigenvalue weighted by Crippen LogP contribution is 2.38. The fourth-order valence-electron chi connectivity index (χ4n) is 4.08. The number of carbonyl (C=O) groups is 2. The summed E-state index contributed by atoms with van der Waals surface area (Å²) in [5, 5.41) is 3.61. The third kappa shape index (κ3) is 3.40. The van der Waals surface area contributed by atoms with E-state index in [1.165, 1.54) is 4.90 Å². The maximum absolute atomic E-state index is 13.0. The first-order chi connectivity index (χ1) is 12.4. The molecule has 2 aliphatic rings. The number of imide groups is 1. The molecule has 1 spiro atoms. The first kappa shape index (κ1) is 19.0. The highest BCUT2D eigenvalue weighted by molar-refractivity contribution is 6.30. The second-order valence-corrected chi connectivity index (χ2v) is 7.83. The number of rotatable bonds is 5. The van der Waals surface area contributed by atoms with E-state index in [0.29, 0.717) is 11.6 Å². The van der Waals surface area contributed by atoms with E-state index < -0.39 is 5.54 Å². The van der Waals surface area contributed by atoms with E-state index in [1.807, 2.05) is 24.1 Å². The second kappa shape index (κ2) is 7.45. The lowest BCUT2D eigenvalue weighted by Gasteiger charge is -2.37. The molecule has 1 aromatic rings. The summed E-state index contributed by atoms with van der Waals surface area (Å²) in [6, 6.07) is 5.13. The molecule has 1 heterocycles. The standard InChI is InChI=1S/C19H26ClN3O3/c1-13-6-4-5-9-19(13)17(24)23(18(25)21-19)12-22(2)11-14-10-15(20)7-8-16(14)26-3/h7-8,10,13H,4-6,9,11-12H2,1-3H3,(H,21,25)/t13-,19+/m1/s1. The number of benzene rings is 1. The van der Waals surface area contributed by atoms with Crippen molar-refractivity contribution < 1.29 is 14.3 Å². The van der Waals surface area contributed by atoms with Crippen LogP contribution in [0.25, 0.3) is 0 Å². The van der Waals surface area contributed by atoms with Crippen LogP contribution in [0.15, 0.2) is 18.2 Å². The first-order valence-corrected chi connectivity index (χ1v) is 9.40. The van der Waals surface area contributed by atoms with E-state index in [2.05, 4.69) is 12.2 Å². The Morgan fingerprint density at radius 1 is 1.38 bits per heavy atom. The van der Waals surface area contributed by atoms with Crippen molar-refractivity contribution in [3.8, 4) is 5.75 Å². The SMILES string of the molecule is COc1ccc(Cl)cc1CN(C)CN1C(=O)N[C@]2(CCCC[C@H]2C)C1=O. The van der Waals surface area contributed by atoms with Gasteiger partial charge < -0.3 is 10.1 Å². The Kier molecular flexibility index (Phi) is 5.44. The molecule has 1 aliphatic heterocycles. The number of urea groups is 1. The highest BCUT2D eigenvalue weighted by atomic mass is 35.5. The maximum atomic E-state index is 13.0. The van der Waals surface area contributed by atoms with Crippen LogP contribution in [0.2, 0.25) is 5.02 Å². The molecule has 142 valence electrons. The number of carbonyl (C=O) groups excluding carboxylic acids is 2. The molecular formula is C19H26ClN3O3. The Bertz CT molecular complexity index is 711. The van der Waals surface area contributed by atoms with Gasteiger partial charge in [-0.15, -0.1) is 0 Å². The molecule has 1 N–H and O–H groups in total. The van der Waals surface area contributed by atoms with E-state index >= 15 is 0 Å². The van der Waals surface area contributed by atoms with Crippen LogP contribution in [0, 0.1) is 5.92 Å². The smallest absolute Gasteiger partial charge is 0.326 e. The summed E-state index contributed by atoms with van der Waals surface area (Å²) < 4.78 is 5.37. The van der Waals surface area contributed by atoms with Gasteiger partial charge in [0.05, 0.1) is 13.8 Å². The summed E-state index contributed by atoms with van der Waals surface area (Å²) in [4.78, 5) is 28.8. The number of methoxy groups -OCH3 is 1. The van der Waals surface area contributed by atoms with Crippen molar-refractivity contribution in [3.05, 3.63) is 28.8 Å². The minimum atomic E-state index is -0.718. The number of nitrogens with one attached hydrogen (secondary N) is 1. The lowest BCUT2D eigenvalue weighted by atomic mass is 9.73. The number of nitrogens with zero attached hydrogens (tertiary/aromatic N) is 2. The van der Waals surface area contributed by atoms with Gasteiger partial charge in [-0.25, -0.2) is 9.69 Å². The van der Waals surface area contributed by atoms with Gasteiger partial charge in [-0.1, -0.05) is 31.4 Å². The van der Waals surface area contributed by atoms with Gasteiger partial charge in [-0.05, 0) is 44.0 Å². The van der Waals surface area contributed by atoms with Gasteiger partial charge in [0.1, 0.15) is 11.3 Å². The molecule has 0 unspecified atom stereocenters. The third-order valence-corrected chi connectivity index (χ3v) is 5.80. The lowest BCUT2D eigenvalue weighted by Crippen LogP contribution is -2.54. The summed E-state index contributed by atoms with van der Waals surface area (Å²) in [5.41, 5.74) is 0.194. The van der Waals surface area contributed by atoms with Crippen LogP contribution >= 0.6 is 11.6 Å². The van der Waals surface area contributed by atoms with Crippen molar-refractivity contribution in [2.75, 3.05) is 20.8 Å². The van der Waals surface area contributed by atoms with Crippen LogP contribution < -0.4 is 10.1 Å². The molecule has 1 saturated heterocycles. The topological polar surface area (TPSA) is 61.9 Å². The monoisotopic (exact) mass is 379 g/mol. The van der Waals surface area contributed by atoms with Gasteiger partial charge >= 0.3 is 6.03 Å². The number of hydrogen-bond donors (Lipinski definition) is 1. The molecule has 1 saturated carbocycles. The Balaban J connectivity index is 1.71. The molecule has 2 atom stereocenters. The number of halogens is 1. The fourth-order valence-corrected chi connectivity index (χ4v) is 4.27. The summed E-state index contributed by atoms with van der Waals surface area (Å²) in [6.07, 6.45) is 3.77. The highest BCUT2D eigenvalue weighted by Gasteiger charge is 2.54.